The van der Waals surface area contributed by atoms with Crippen LogP contribution >= 0.6 is 11.6 Å². The Labute approximate surface area is 81.5 Å². The van der Waals surface area contributed by atoms with Gasteiger partial charge < -0.3 is 0 Å². The first-order valence-corrected chi connectivity index (χ1v) is 5.58. The first-order valence-electron chi connectivity index (χ1n) is 3.56. The maximum atomic E-state index is 11.4. The predicted octanol–water partition coefficient (Wildman–Crippen LogP) is 0.365. The lowest BCUT2D eigenvalue weighted by Crippen LogP contribution is -2.20. The van der Waals surface area contributed by atoms with Gasteiger partial charge in [0.2, 0.25) is 10.0 Å². The number of aryl methyl sites for hydroxylation is 1. The Bertz CT molecular complexity index is 398. The van der Waals surface area contributed by atoms with E-state index < -0.39 is 10.0 Å². The van der Waals surface area contributed by atoms with Gasteiger partial charge in [-0.1, -0.05) is 0 Å². The van der Waals surface area contributed by atoms with Crippen molar-refractivity contribution in [2.75, 3.05) is 7.05 Å². The monoisotopic (exact) mass is 223 g/mol. The Balaban J connectivity index is 3.35. The fourth-order valence-corrected chi connectivity index (χ4v) is 2.37. The van der Waals surface area contributed by atoms with E-state index in [0.29, 0.717) is 11.4 Å². The molecular formula is C6H10ClN3O2S. The Morgan fingerprint density at radius 1 is 1.62 bits per heavy atom. The van der Waals surface area contributed by atoms with E-state index in [1.165, 1.54) is 7.05 Å². The van der Waals surface area contributed by atoms with Crippen LogP contribution in [0.25, 0.3) is 0 Å². The summed E-state index contributed by atoms with van der Waals surface area (Å²) in [6.45, 7) is 1.63. The summed E-state index contributed by atoms with van der Waals surface area (Å²) in [4.78, 5) is 0.144. The molecule has 7 heteroatoms. The van der Waals surface area contributed by atoms with Gasteiger partial charge in [0.1, 0.15) is 4.90 Å². The maximum absolute atomic E-state index is 11.4. The van der Waals surface area contributed by atoms with Crippen LogP contribution < -0.4 is 4.72 Å². The largest absolute Gasteiger partial charge is 0.281 e. The lowest BCUT2D eigenvalue weighted by Gasteiger charge is -2.01. The van der Waals surface area contributed by atoms with Crippen molar-refractivity contribution >= 4 is 21.6 Å². The second kappa shape index (κ2) is 3.65. The molecule has 0 bridgehead atoms. The van der Waals surface area contributed by atoms with Gasteiger partial charge >= 0.3 is 0 Å². The Morgan fingerprint density at radius 2 is 2.23 bits per heavy atom. The lowest BCUT2D eigenvalue weighted by molar-refractivity contribution is 0.587. The van der Waals surface area contributed by atoms with Crippen LogP contribution in [0.5, 0.6) is 0 Å². The molecule has 1 aromatic rings. The molecule has 0 aliphatic heterocycles. The first kappa shape index (κ1) is 10.5. The van der Waals surface area contributed by atoms with Gasteiger partial charge in [0.25, 0.3) is 0 Å². The van der Waals surface area contributed by atoms with Crippen LogP contribution in [-0.4, -0.2) is 25.7 Å². The van der Waals surface area contributed by atoms with E-state index in [4.69, 9.17) is 11.6 Å². The maximum Gasteiger partial charge on any atom is 0.244 e. The fraction of sp³-hybridized carbons (Fsp3) is 0.500. The third-order valence-electron chi connectivity index (χ3n) is 1.63. The summed E-state index contributed by atoms with van der Waals surface area (Å²) in [7, 11) is -2.11. The number of rotatable bonds is 3. The summed E-state index contributed by atoms with van der Waals surface area (Å²) >= 11 is 5.53. The Kier molecular flexibility index (Phi) is 2.94. The number of sulfonamides is 1. The zero-order chi connectivity index (χ0) is 10.1. The first-order chi connectivity index (χ1) is 6.03. The highest BCUT2D eigenvalue weighted by Gasteiger charge is 2.21. The van der Waals surface area contributed by atoms with Crippen LogP contribution in [0.2, 0.25) is 0 Å². The third kappa shape index (κ3) is 1.84. The van der Waals surface area contributed by atoms with Gasteiger partial charge in [0.05, 0.1) is 17.3 Å². The number of hydrogen-bond donors (Lipinski definition) is 2. The van der Waals surface area contributed by atoms with Crippen LogP contribution in [-0.2, 0) is 15.9 Å². The number of H-pyrrole nitrogens is 1. The van der Waals surface area contributed by atoms with Gasteiger partial charge in [0.15, 0.2) is 0 Å². The van der Waals surface area contributed by atoms with Crippen molar-refractivity contribution in [1.29, 1.82) is 0 Å². The highest BCUT2D eigenvalue weighted by molar-refractivity contribution is 7.89. The summed E-state index contributed by atoms with van der Waals surface area (Å²) < 4.78 is 25.1. The van der Waals surface area contributed by atoms with Gasteiger partial charge in [-0.3, -0.25) is 5.10 Å². The van der Waals surface area contributed by atoms with E-state index in [1.807, 2.05) is 0 Å². The molecule has 1 aromatic heterocycles. The van der Waals surface area contributed by atoms with E-state index in [1.54, 1.807) is 6.92 Å². The average Bonchev–Trinajstić information content (AvgIpc) is 2.47. The quantitative estimate of drug-likeness (QED) is 0.727. The number of alkyl halides is 1. The van der Waals surface area contributed by atoms with Crippen molar-refractivity contribution in [2.45, 2.75) is 17.7 Å². The predicted molar refractivity (Wildman–Crippen MR) is 49.1 cm³/mol. The number of aromatic amines is 1. The van der Waals surface area contributed by atoms with Crippen molar-refractivity contribution in [3.05, 3.63) is 11.4 Å². The lowest BCUT2D eigenvalue weighted by atomic mass is 10.4. The molecule has 2 N–H and O–H groups in total. The molecule has 0 unspecified atom stereocenters. The Morgan fingerprint density at radius 3 is 2.69 bits per heavy atom. The summed E-state index contributed by atoms with van der Waals surface area (Å²) in [5.41, 5.74) is 0.832. The number of aromatic nitrogens is 2. The van der Waals surface area contributed by atoms with Gasteiger partial charge in [-0.2, -0.15) is 5.10 Å². The van der Waals surface area contributed by atoms with E-state index >= 15 is 0 Å². The van der Waals surface area contributed by atoms with Crippen molar-refractivity contribution in [1.82, 2.24) is 14.9 Å². The normalized spacial score (nSPS) is 11.9. The van der Waals surface area contributed by atoms with Crippen molar-refractivity contribution in [3.63, 3.8) is 0 Å². The standard InChI is InChI=1S/C6H10ClN3O2S/c1-4-6(13(11,12)8-2)5(3-7)10-9-4/h8H,3H2,1-2H3,(H,9,10). The number of hydrogen-bond acceptors (Lipinski definition) is 3. The van der Waals surface area contributed by atoms with E-state index in [0.717, 1.165) is 0 Å². The highest BCUT2D eigenvalue weighted by Crippen LogP contribution is 2.18. The molecule has 5 nitrogen and oxygen atoms in total. The second-order valence-electron chi connectivity index (χ2n) is 2.47. The Hall–Kier alpha value is -0.590. The third-order valence-corrected chi connectivity index (χ3v) is 3.50. The SMILES string of the molecule is CNS(=O)(=O)c1c(CCl)n[nH]c1C. The fourth-order valence-electron chi connectivity index (χ4n) is 1.02. The van der Waals surface area contributed by atoms with Gasteiger partial charge in [-0.05, 0) is 14.0 Å². The van der Waals surface area contributed by atoms with Crippen molar-refractivity contribution in [2.24, 2.45) is 0 Å². The molecule has 74 valence electrons. The molecule has 1 rings (SSSR count). The molecule has 13 heavy (non-hydrogen) atoms. The molecule has 0 saturated carbocycles. The van der Waals surface area contributed by atoms with Gasteiger partial charge in [0, 0.05) is 0 Å². The zero-order valence-electron chi connectivity index (χ0n) is 7.26. The summed E-state index contributed by atoms with van der Waals surface area (Å²) in [6.07, 6.45) is 0. The molecule has 1 heterocycles. The van der Waals surface area contributed by atoms with Gasteiger partial charge in [-0.15, -0.1) is 11.6 Å². The smallest absolute Gasteiger partial charge is 0.244 e. The van der Waals surface area contributed by atoms with Gasteiger partial charge in [-0.25, -0.2) is 13.1 Å². The summed E-state index contributed by atoms with van der Waals surface area (Å²) in [6, 6.07) is 0. The number of halogens is 1. The minimum atomic E-state index is -3.46. The highest BCUT2D eigenvalue weighted by atomic mass is 35.5. The summed E-state index contributed by atoms with van der Waals surface area (Å²) in [5, 5.41) is 6.35. The average molecular weight is 224 g/mol. The molecule has 0 fully saturated rings. The number of nitrogens with zero attached hydrogens (tertiary/aromatic N) is 1. The van der Waals surface area contributed by atoms with Crippen LogP contribution in [0.1, 0.15) is 11.4 Å². The molecule has 0 atom stereocenters. The molecule has 0 aromatic carbocycles. The number of nitrogens with one attached hydrogen (secondary N) is 2. The molecular weight excluding hydrogens is 214 g/mol. The van der Waals surface area contributed by atoms with Crippen LogP contribution in [0.3, 0.4) is 0 Å². The van der Waals surface area contributed by atoms with Crippen LogP contribution in [0.4, 0.5) is 0 Å². The second-order valence-corrected chi connectivity index (χ2v) is 4.56. The van der Waals surface area contributed by atoms with Crippen LogP contribution in [0.15, 0.2) is 4.90 Å². The summed E-state index contributed by atoms with van der Waals surface area (Å²) in [5.74, 6) is 0.0700. The van der Waals surface area contributed by atoms with E-state index in [-0.39, 0.29) is 10.8 Å². The van der Waals surface area contributed by atoms with E-state index in [9.17, 15) is 8.42 Å². The minimum absolute atomic E-state index is 0.0700. The molecule has 0 amide bonds. The molecule has 0 aliphatic carbocycles. The van der Waals surface area contributed by atoms with Crippen LogP contribution in [0, 0.1) is 6.92 Å². The zero-order valence-corrected chi connectivity index (χ0v) is 8.83. The van der Waals surface area contributed by atoms with Crippen molar-refractivity contribution in [3.8, 4) is 0 Å². The minimum Gasteiger partial charge on any atom is -0.281 e. The molecule has 0 radical (unpaired) electrons. The van der Waals surface area contributed by atoms with E-state index in [2.05, 4.69) is 14.9 Å². The molecule has 0 aliphatic rings. The van der Waals surface area contributed by atoms with Crippen molar-refractivity contribution < 1.29 is 8.42 Å². The molecule has 0 spiro atoms. The topological polar surface area (TPSA) is 74.8 Å². The molecule has 0 saturated heterocycles.